The monoisotopic (exact) mass is 395 g/mol. The molecule has 7 nitrogen and oxygen atoms in total. The minimum atomic E-state index is -0.362. The van der Waals surface area contributed by atoms with Gasteiger partial charge in [0, 0.05) is 0 Å². The van der Waals surface area contributed by atoms with Crippen LogP contribution in [-0.4, -0.2) is 25.5 Å². The van der Waals surface area contributed by atoms with Gasteiger partial charge < -0.3 is 9.40 Å². The molecule has 3 aromatic heterocycles. The summed E-state index contributed by atoms with van der Waals surface area (Å²) in [5.41, 5.74) is 4.10. The van der Waals surface area contributed by atoms with Gasteiger partial charge in [-0.1, -0.05) is 24.3 Å². The van der Waals surface area contributed by atoms with Crippen LogP contribution < -0.4 is 5.49 Å². The molecule has 5 aromatic rings. The molecule has 0 unspecified atom stereocenters. The average Bonchev–Trinajstić information content (AvgIpc) is 3.43. The molecule has 0 radical (unpaired) electrons. The fourth-order valence-corrected chi connectivity index (χ4v) is 3.36. The van der Waals surface area contributed by atoms with Crippen molar-refractivity contribution in [3.05, 3.63) is 95.5 Å². The quantitative estimate of drug-likeness (QED) is 0.449. The molecular formula is C23H17N5O2. The molecule has 0 saturated heterocycles. The molecule has 146 valence electrons. The van der Waals surface area contributed by atoms with Crippen molar-refractivity contribution >= 4 is 16.8 Å². The van der Waals surface area contributed by atoms with Gasteiger partial charge >= 0.3 is 0 Å². The molecule has 2 N–H and O–H groups in total. The summed E-state index contributed by atoms with van der Waals surface area (Å²) < 4.78 is 6.72. The zero-order chi connectivity index (χ0) is 20.7. The Labute approximate surface area is 171 Å². The Hall–Kier alpha value is -4.26. The van der Waals surface area contributed by atoms with Crippen molar-refractivity contribution in [3.8, 4) is 17.1 Å². The van der Waals surface area contributed by atoms with E-state index in [1.165, 1.54) is 10.9 Å². The highest BCUT2D eigenvalue weighted by Gasteiger charge is 2.19. The zero-order valence-corrected chi connectivity index (χ0v) is 16.1. The maximum atomic E-state index is 13.0. The topological polar surface area (TPSA) is 101 Å². The van der Waals surface area contributed by atoms with E-state index >= 15 is 0 Å². The first kappa shape index (κ1) is 17.8. The van der Waals surface area contributed by atoms with E-state index in [1.807, 2.05) is 55.5 Å². The number of rotatable bonds is 4. The van der Waals surface area contributed by atoms with Crippen molar-refractivity contribution < 1.29 is 9.21 Å². The highest BCUT2D eigenvalue weighted by molar-refractivity contribution is 6.06. The largest absolute Gasteiger partial charge is 0.461 e. The van der Waals surface area contributed by atoms with Crippen LogP contribution in [0.15, 0.2) is 77.4 Å². The number of aromatic nitrogens is 4. The lowest BCUT2D eigenvalue weighted by Crippen LogP contribution is -2.26. The number of furan rings is 1. The van der Waals surface area contributed by atoms with E-state index < -0.39 is 0 Å². The van der Waals surface area contributed by atoms with Crippen molar-refractivity contribution in [1.82, 2.24) is 19.7 Å². The first-order chi connectivity index (χ1) is 14.6. The smallest absolute Gasteiger partial charge is 0.248 e. The molecule has 0 aliphatic carbocycles. The van der Waals surface area contributed by atoms with Crippen molar-refractivity contribution in [2.24, 2.45) is 0 Å². The Balaban J connectivity index is 1.76. The molecule has 2 aromatic carbocycles. The Morgan fingerprint density at radius 3 is 2.70 bits per heavy atom. The first-order valence-corrected chi connectivity index (χ1v) is 9.39. The minimum absolute atomic E-state index is 0.121. The van der Waals surface area contributed by atoms with E-state index in [4.69, 9.17) is 9.83 Å². The normalized spacial score (nSPS) is 11.1. The van der Waals surface area contributed by atoms with Gasteiger partial charge in [0.15, 0.2) is 11.2 Å². The third kappa shape index (κ3) is 3.02. The van der Waals surface area contributed by atoms with E-state index in [1.54, 1.807) is 18.2 Å². The molecule has 0 fully saturated rings. The Morgan fingerprint density at radius 2 is 1.93 bits per heavy atom. The second kappa shape index (κ2) is 6.97. The lowest BCUT2D eigenvalue weighted by molar-refractivity contribution is 0.100. The van der Waals surface area contributed by atoms with E-state index in [2.05, 4.69) is 15.1 Å². The summed E-state index contributed by atoms with van der Waals surface area (Å²) in [4.78, 5) is 20.8. The van der Waals surface area contributed by atoms with Crippen LogP contribution in [0.1, 0.15) is 21.8 Å². The van der Waals surface area contributed by atoms with Crippen LogP contribution in [0.2, 0.25) is 0 Å². The molecule has 0 atom stereocenters. The van der Waals surface area contributed by atoms with E-state index in [9.17, 15) is 4.79 Å². The molecule has 30 heavy (non-hydrogen) atoms. The van der Waals surface area contributed by atoms with Crippen LogP contribution in [-0.2, 0) is 0 Å². The van der Waals surface area contributed by atoms with E-state index in [0.717, 1.165) is 16.6 Å². The predicted molar refractivity (Wildman–Crippen MR) is 111 cm³/mol. The SMILES string of the molecule is Cc1cccc(-n2nc(C(=O)c3ccco3)cc(-c3nc4ccccc4[nH]3)c2=N)c1. The van der Waals surface area contributed by atoms with Crippen LogP contribution in [0.25, 0.3) is 28.1 Å². The molecular weight excluding hydrogens is 378 g/mol. The number of nitrogens with one attached hydrogen (secondary N) is 2. The summed E-state index contributed by atoms with van der Waals surface area (Å²) in [7, 11) is 0. The van der Waals surface area contributed by atoms with Gasteiger partial charge in [-0.05, 0) is 55.0 Å². The average molecular weight is 395 g/mol. The number of hydrogen-bond donors (Lipinski definition) is 2. The molecule has 7 heteroatoms. The number of benzene rings is 2. The number of ketones is 1. The second-order valence-corrected chi connectivity index (χ2v) is 6.95. The highest BCUT2D eigenvalue weighted by atomic mass is 16.3. The molecule has 0 bridgehead atoms. The van der Waals surface area contributed by atoms with Crippen LogP contribution >= 0.6 is 0 Å². The molecule has 0 aliphatic rings. The van der Waals surface area contributed by atoms with Gasteiger partial charge in [-0.2, -0.15) is 5.10 Å². The summed E-state index contributed by atoms with van der Waals surface area (Å²) in [6.45, 7) is 1.96. The van der Waals surface area contributed by atoms with Crippen molar-refractivity contribution in [2.75, 3.05) is 0 Å². The van der Waals surface area contributed by atoms with Gasteiger partial charge in [0.2, 0.25) is 5.78 Å². The summed E-state index contributed by atoms with van der Waals surface area (Å²) in [5.74, 6) is 0.323. The predicted octanol–water partition coefficient (Wildman–Crippen LogP) is 4.03. The maximum Gasteiger partial charge on any atom is 0.248 e. The Morgan fingerprint density at radius 1 is 1.07 bits per heavy atom. The summed E-state index contributed by atoms with van der Waals surface area (Å²) >= 11 is 0. The summed E-state index contributed by atoms with van der Waals surface area (Å²) in [5, 5.41) is 13.2. The highest BCUT2D eigenvalue weighted by Crippen LogP contribution is 2.20. The van der Waals surface area contributed by atoms with Gasteiger partial charge in [-0.25, -0.2) is 9.67 Å². The van der Waals surface area contributed by atoms with Gasteiger partial charge in [0.1, 0.15) is 11.5 Å². The maximum absolute atomic E-state index is 13.0. The number of imidazole rings is 1. The fourth-order valence-electron chi connectivity index (χ4n) is 3.36. The van der Waals surface area contributed by atoms with Gasteiger partial charge in [-0.3, -0.25) is 10.2 Å². The standard InChI is InChI=1S/C23H17N5O2/c1-14-6-4-7-15(12-14)28-22(24)16(23-25-17-8-2-3-9-18(17)26-23)13-19(27-28)21(29)20-10-5-11-30-20/h2-13,24H,1H3,(H,25,26). The number of H-pyrrole nitrogens is 1. The lowest BCUT2D eigenvalue weighted by atomic mass is 10.1. The Bertz CT molecular complexity index is 1410. The lowest BCUT2D eigenvalue weighted by Gasteiger charge is -2.11. The van der Waals surface area contributed by atoms with Gasteiger partial charge in [0.25, 0.3) is 0 Å². The number of hydrogen-bond acceptors (Lipinski definition) is 5. The van der Waals surface area contributed by atoms with Crippen LogP contribution in [0.4, 0.5) is 0 Å². The third-order valence-electron chi connectivity index (χ3n) is 4.82. The number of carbonyl (C=O) groups excluding carboxylic acids is 1. The number of aryl methyl sites for hydroxylation is 1. The van der Waals surface area contributed by atoms with Crippen LogP contribution in [0.5, 0.6) is 0 Å². The minimum Gasteiger partial charge on any atom is -0.461 e. The number of aromatic amines is 1. The van der Waals surface area contributed by atoms with Gasteiger partial charge in [0.05, 0.1) is 28.5 Å². The van der Waals surface area contributed by atoms with Crippen molar-refractivity contribution in [3.63, 3.8) is 0 Å². The zero-order valence-electron chi connectivity index (χ0n) is 16.1. The number of fused-ring (bicyclic) bond motifs is 1. The van der Waals surface area contributed by atoms with E-state index in [0.29, 0.717) is 17.1 Å². The summed E-state index contributed by atoms with van der Waals surface area (Å²) in [6.07, 6.45) is 1.45. The summed E-state index contributed by atoms with van der Waals surface area (Å²) in [6, 6.07) is 20.1. The molecule has 3 heterocycles. The van der Waals surface area contributed by atoms with E-state index in [-0.39, 0.29) is 22.7 Å². The number of para-hydroxylation sites is 2. The van der Waals surface area contributed by atoms with Crippen LogP contribution in [0.3, 0.4) is 0 Å². The number of carbonyl (C=O) groups is 1. The van der Waals surface area contributed by atoms with Crippen molar-refractivity contribution in [2.45, 2.75) is 6.92 Å². The first-order valence-electron chi connectivity index (χ1n) is 9.39. The third-order valence-corrected chi connectivity index (χ3v) is 4.82. The molecule has 0 spiro atoms. The molecule has 0 aliphatic heterocycles. The fraction of sp³-hybridized carbons (Fsp3) is 0.0435. The molecule has 0 saturated carbocycles. The Kier molecular flexibility index (Phi) is 4.14. The second-order valence-electron chi connectivity index (χ2n) is 6.95. The molecule has 0 amide bonds. The molecule has 5 rings (SSSR count). The number of nitrogens with zero attached hydrogens (tertiary/aromatic N) is 3. The van der Waals surface area contributed by atoms with Gasteiger partial charge in [-0.15, -0.1) is 0 Å². The van der Waals surface area contributed by atoms with Crippen LogP contribution in [0, 0.1) is 12.3 Å². The van der Waals surface area contributed by atoms with Crippen molar-refractivity contribution in [1.29, 1.82) is 5.41 Å².